The van der Waals surface area contributed by atoms with Crippen LogP contribution in [0.3, 0.4) is 0 Å². The number of amides is 1. The molecule has 0 unspecified atom stereocenters. The summed E-state index contributed by atoms with van der Waals surface area (Å²) in [5, 5.41) is 9.79. The van der Waals surface area contributed by atoms with E-state index in [1.807, 2.05) is 7.05 Å². The number of hydrogen-bond donors (Lipinski definition) is 2. The van der Waals surface area contributed by atoms with Crippen LogP contribution in [0.4, 0.5) is 5.82 Å². The number of fused-ring (bicyclic) bond motifs is 1. The second-order valence-corrected chi connectivity index (χ2v) is 6.52. The average Bonchev–Trinajstić information content (AvgIpc) is 2.55. The van der Waals surface area contributed by atoms with Gasteiger partial charge in [-0.3, -0.25) is 9.59 Å². The number of anilines is 1. The molecule has 0 spiro atoms. The molecule has 3 rings (SSSR count). The van der Waals surface area contributed by atoms with Crippen LogP contribution in [-0.2, 0) is 4.79 Å². The molecule has 2 fully saturated rings. The number of carboxylic acid groups (broad SMARTS) is 1. The van der Waals surface area contributed by atoms with Crippen molar-refractivity contribution in [2.75, 3.05) is 31.6 Å². The number of aliphatic carboxylic acids is 1. The highest BCUT2D eigenvalue weighted by Gasteiger charge is 2.52. The van der Waals surface area contributed by atoms with Crippen LogP contribution < -0.4 is 10.6 Å². The van der Waals surface area contributed by atoms with Gasteiger partial charge in [-0.2, -0.15) is 0 Å². The molecule has 0 radical (unpaired) electrons. The van der Waals surface area contributed by atoms with Gasteiger partial charge in [0.15, 0.2) is 0 Å². The van der Waals surface area contributed by atoms with Gasteiger partial charge in [-0.1, -0.05) is 0 Å². The van der Waals surface area contributed by atoms with Crippen molar-refractivity contribution in [2.24, 2.45) is 11.1 Å². The Balaban J connectivity index is 1.87. The summed E-state index contributed by atoms with van der Waals surface area (Å²) in [6.07, 6.45) is 3.79. The maximum absolute atomic E-state index is 11.9. The number of carbonyl (C=O) groups excluding carboxylic acids is 1. The number of nitrogens with two attached hydrogens (primary N) is 1. The van der Waals surface area contributed by atoms with Gasteiger partial charge in [-0.15, -0.1) is 0 Å². The first-order valence-electron chi connectivity index (χ1n) is 7.88. The molecular weight excluding hydrogens is 296 g/mol. The van der Waals surface area contributed by atoms with Crippen molar-refractivity contribution in [3.05, 3.63) is 23.9 Å². The number of primary amides is 1. The molecule has 124 valence electrons. The topological polar surface area (TPSA) is 99.8 Å². The molecule has 2 aliphatic rings. The number of carbonyl (C=O) groups is 2. The zero-order valence-electron chi connectivity index (χ0n) is 13.2. The number of nitrogens with zero attached hydrogens (tertiary/aromatic N) is 3. The fourth-order valence-corrected chi connectivity index (χ4v) is 3.94. The molecule has 0 aromatic carbocycles. The van der Waals surface area contributed by atoms with Gasteiger partial charge in [-0.25, -0.2) is 4.98 Å². The van der Waals surface area contributed by atoms with E-state index in [0.717, 1.165) is 19.4 Å². The Bertz CT molecular complexity index is 636. The number of rotatable bonds is 3. The summed E-state index contributed by atoms with van der Waals surface area (Å²) in [5.74, 6) is -0.507. The molecule has 2 saturated heterocycles. The largest absolute Gasteiger partial charge is 0.481 e. The van der Waals surface area contributed by atoms with Gasteiger partial charge in [0.1, 0.15) is 5.82 Å². The minimum Gasteiger partial charge on any atom is -0.481 e. The molecule has 7 heteroatoms. The van der Waals surface area contributed by atoms with Crippen LogP contribution in [0.15, 0.2) is 18.3 Å². The molecule has 1 aromatic heterocycles. The highest BCUT2D eigenvalue weighted by Crippen LogP contribution is 2.42. The molecule has 23 heavy (non-hydrogen) atoms. The highest BCUT2D eigenvalue weighted by molar-refractivity contribution is 5.93. The lowest BCUT2D eigenvalue weighted by Crippen LogP contribution is -2.63. The maximum Gasteiger partial charge on any atom is 0.311 e. The Morgan fingerprint density at radius 2 is 2.17 bits per heavy atom. The standard InChI is InChI=1S/C16H22N4O3/c1-19-7-2-4-16(15(22)23)5-8-20(10-12(16)19)13-9-11(14(17)21)3-6-18-13/h3,6,9,12H,2,4-5,7-8,10H2,1H3,(H2,17,21)(H,22,23)/t12-,16-/m0/s1. The lowest BCUT2D eigenvalue weighted by atomic mass is 9.68. The van der Waals surface area contributed by atoms with Crippen molar-refractivity contribution in [3.8, 4) is 0 Å². The fraction of sp³-hybridized carbons (Fsp3) is 0.562. The zero-order valence-corrected chi connectivity index (χ0v) is 13.2. The summed E-state index contributed by atoms with van der Waals surface area (Å²) < 4.78 is 0. The SMILES string of the molecule is CN1CCC[C@]2(C(=O)O)CCN(c3cc(C(N)=O)ccn3)C[C@H]12. The first-order valence-corrected chi connectivity index (χ1v) is 7.88. The Labute approximate surface area is 135 Å². The van der Waals surface area contributed by atoms with Crippen molar-refractivity contribution in [2.45, 2.75) is 25.3 Å². The summed E-state index contributed by atoms with van der Waals surface area (Å²) in [4.78, 5) is 31.8. The lowest BCUT2D eigenvalue weighted by Gasteiger charge is -2.52. The Kier molecular flexibility index (Phi) is 3.97. The third-order valence-electron chi connectivity index (χ3n) is 5.30. The molecule has 3 N–H and O–H groups in total. The number of piperidine rings is 2. The average molecular weight is 318 g/mol. The van der Waals surface area contributed by atoms with E-state index in [-0.39, 0.29) is 6.04 Å². The van der Waals surface area contributed by atoms with Crippen LogP contribution in [0.2, 0.25) is 0 Å². The monoisotopic (exact) mass is 318 g/mol. The van der Waals surface area contributed by atoms with Crippen LogP contribution >= 0.6 is 0 Å². The van der Waals surface area contributed by atoms with Gasteiger partial charge in [0.2, 0.25) is 5.91 Å². The predicted molar refractivity (Wildman–Crippen MR) is 85.3 cm³/mol. The third-order valence-corrected chi connectivity index (χ3v) is 5.30. The molecule has 3 heterocycles. The molecular formula is C16H22N4O3. The van der Waals surface area contributed by atoms with E-state index in [1.165, 1.54) is 0 Å². The van der Waals surface area contributed by atoms with Crippen molar-refractivity contribution in [3.63, 3.8) is 0 Å². The molecule has 0 saturated carbocycles. The Hall–Kier alpha value is -2.15. The van der Waals surface area contributed by atoms with E-state index in [0.29, 0.717) is 30.9 Å². The number of carboxylic acids is 1. The van der Waals surface area contributed by atoms with Gasteiger partial charge < -0.3 is 20.6 Å². The molecule has 1 aromatic rings. The van der Waals surface area contributed by atoms with Crippen LogP contribution in [0.25, 0.3) is 0 Å². The van der Waals surface area contributed by atoms with Crippen LogP contribution in [-0.4, -0.2) is 59.6 Å². The van der Waals surface area contributed by atoms with Crippen molar-refractivity contribution < 1.29 is 14.7 Å². The third kappa shape index (κ3) is 2.65. The van der Waals surface area contributed by atoms with E-state index in [9.17, 15) is 14.7 Å². The smallest absolute Gasteiger partial charge is 0.311 e. The number of aromatic nitrogens is 1. The molecule has 0 aliphatic carbocycles. The van der Waals surface area contributed by atoms with Crippen LogP contribution in [0.1, 0.15) is 29.6 Å². The normalized spacial score (nSPS) is 28.2. The first-order chi connectivity index (χ1) is 10.9. The summed E-state index contributed by atoms with van der Waals surface area (Å²) in [7, 11) is 1.98. The van der Waals surface area contributed by atoms with Gasteiger partial charge in [0, 0.05) is 30.9 Å². The van der Waals surface area contributed by atoms with Crippen molar-refractivity contribution in [1.29, 1.82) is 0 Å². The van der Waals surface area contributed by atoms with E-state index in [2.05, 4.69) is 14.8 Å². The zero-order chi connectivity index (χ0) is 16.6. The number of likely N-dealkylation sites (N-methyl/N-ethyl adjacent to an activating group) is 1. The highest BCUT2D eigenvalue weighted by atomic mass is 16.4. The Morgan fingerprint density at radius 3 is 2.87 bits per heavy atom. The maximum atomic E-state index is 11.9. The second kappa shape index (κ2) is 5.81. The van der Waals surface area contributed by atoms with Gasteiger partial charge in [0.25, 0.3) is 0 Å². The fourth-order valence-electron chi connectivity index (χ4n) is 3.94. The number of pyridine rings is 1. The number of likely N-dealkylation sites (tertiary alicyclic amines) is 1. The van der Waals surface area contributed by atoms with E-state index in [4.69, 9.17) is 5.73 Å². The minimum atomic E-state index is -0.701. The first kappa shape index (κ1) is 15.7. The summed E-state index contributed by atoms with van der Waals surface area (Å²) >= 11 is 0. The number of hydrogen-bond acceptors (Lipinski definition) is 5. The molecule has 2 aliphatic heterocycles. The molecule has 0 bridgehead atoms. The Morgan fingerprint density at radius 1 is 1.39 bits per heavy atom. The van der Waals surface area contributed by atoms with E-state index < -0.39 is 17.3 Å². The molecule has 7 nitrogen and oxygen atoms in total. The molecule has 1 amide bonds. The summed E-state index contributed by atoms with van der Waals surface area (Å²) in [5.41, 5.74) is 5.07. The van der Waals surface area contributed by atoms with E-state index >= 15 is 0 Å². The minimum absolute atomic E-state index is 0.0541. The van der Waals surface area contributed by atoms with Crippen molar-refractivity contribution in [1.82, 2.24) is 9.88 Å². The van der Waals surface area contributed by atoms with Crippen molar-refractivity contribution >= 4 is 17.7 Å². The second-order valence-electron chi connectivity index (χ2n) is 6.52. The predicted octanol–water partition coefficient (Wildman–Crippen LogP) is 0.556. The van der Waals surface area contributed by atoms with Crippen LogP contribution in [0.5, 0.6) is 0 Å². The van der Waals surface area contributed by atoms with E-state index in [1.54, 1.807) is 18.3 Å². The quantitative estimate of drug-likeness (QED) is 0.844. The lowest BCUT2D eigenvalue weighted by molar-refractivity contribution is -0.158. The van der Waals surface area contributed by atoms with Gasteiger partial charge in [-0.05, 0) is 45.0 Å². The van der Waals surface area contributed by atoms with Gasteiger partial charge in [0.05, 0.1) is 5.41 Å². The molecule has 2 atom stereocenters. The summed E-state index contributed by atoms with van der Waals surface area (Å²) in [6.45, 7) is 2.12. The summed E-state index contributed by atoms with van der Waals surface area (Å²) in [6, 6.07) is 3.21. The van der Waals surface area contributed by atoms with Crippen LogP contribution in [0, 0.1) is 5.41 Å². The van der Waals surface area contributed by atoms with Gasteiger partial charge >= 0.3 is 5.97 Å².